The quantitative estimate of drug-likeness (QED) is 0.548. The van der Waals surface area contributed by atoms with Crippen LogP contribution in [-0.4, -0.2) is 9.97 Å². The zero-order valence-electron chi connectivity index (χ0n) is 9.08. The van der Waals surface area contributed by atoms with Crippen molar-refractivity contribution in [3.05, 3.63) is 44.9 Å². The fraction of sp³-hybridized carbons (Fsp3) is 0.0909. The number of alkyl halides is 3. The van der Waals surface area contributed by atoms with Gasteiger partial charge in [-0.2, -0.15) is 18.2 Å². The SMILES string of the molecule is FC(F)(F)c1cc(Oc2ccc(I)cc2)nc(Cl)n1. The molecular weight excluding hydrogens is 395 g/mol. The molecule has 0 atom stereocenters. The fourth-order valence-corrected chi connectivity index (χ4v) is 1.75. The Balaban J connectivity index is 2.30. The van der Waals surface area contributed by atoms with Crippen LogP contribution in [0, 0.1) is 3.57 Å². The highest BCUT2D eigenvalue weighted by atomic mass is 127. The van der Waals surface area contributed by atoms with E-state index < -0.39 is 17.2 Å². The molecule has 1 aromatic carbocycles. The zero-order chi connectivity index (χ0) is 14.0. The standard InChI is InChI=1S/C11H5ClF3IN2O/c12-10-17-8(11(13,14)15)5-9(18-10)19-7-3-1-6(16)2-4-7/h1-5H. The third-order valence-electron chi connectivity index (χ3n) is 2.00. The summed E-state index contributed by atoms with van der Waals surface area (Å²) in [5, 5.41) is -0.518. The molecular formula is C11H5ClF3IN2O. The van der Waals surface area contributed by atoms with Gasteiger partial charge in [0.1, 0.15) is 5.75 Å². The van der Waals surface area contributed by atoms with Gasteiger partial charge in [0.25, 0.3) is 0 Å². The second kappa shape index (κ2) is 5.49. The second-order valence-corrected chi connectivity index (χ2v) is 5.00. The largest absolute Gasteiger partial charge is 0.439 e. The monoisotopic (exact) mass is 400 g/mol. The molecule has 0 bridgehead atoms. The Morgan fingerprint density at radius 3 is 2.32 bits per heavy atom. The van der Waals surface area contributed by atoms with Crippen molar-refractivity contribution in [3.63, 3.8) is 0 Å². The van der Waals surface area contributed by atoms with E-state index in [1.807, 2.05) is 0 Å². The minimum Gasteiger partial charge on any atom is -0.439 e. The molecule has 19 heavy (non-hydrogen) atoms. The molecule has 3 nitrogen and oxygen atoms in total. The molecule has 0 saturated heterocycles. The summed E-state index contributed by atoms with van der Waals surface area (Å²) < 4.78 is 43.8. The van der Waals surface area contributed by atoms with Crippen molar-refractivity contribution < 1.29 is 17.9 Å². The number of aromatic nitrogens is 2. The Morgan fingerprint density at radius 1 is 1.11 bits per heavy atom. The van der Waals surface area contributed by atoms with E-state index in [1.165, 1.54) is 0 Å². The fourth-order valence-electron chi connectivity index (χ4n) is 1.22. The lowest BCUT2D eigenvalue weighted by molar-refractivity contribution is -0.141. The van der Waals surface area contributed by atoms with Gasteiger partial charge in [-0.25, -0.2) is 4.98 Å². The van der Waals surface area contributed by atoms with Crippen LogP contribution >= 0.6 is 34.2 Å². The molecule has 0 aliphatic heterocycles. The van der Waals surface area contributed by atoms with Gasteiger partial charge in [-0.15, -0.1) is 0 Å². The van der Waals surface area contributed by atoms with Crippen LogP contribution in [0.3, 0.4) is 0 Å². The third kappa shape index (κ3) is 3.93. The van der Waals surface area contributed by atoms with Gasteiger partial charge >= 0.3 is 6.18 Å². The Hall–Kier alpha value is -1.09. The van der Waals surface area contributed by atoms with Gasteiger partial charge in [0.05, 0.1) is 0 Å². The molecule has 0 aliphatic carbocycles. The van der Waals surface area contributed by atoms with Crippen LogP contribution in [-0.2, 0) is 6.18 Å². The Bertz CT molecular complexity index is 589. The van der Waals surface area contributed by atoms with E-state index in [9.17, 15) is 13.2 Å². The lowest BCUT2D eigenvalue weighted by Gasteiger charge is -2.09. The number of nitrogens with zero attached hydrogens (tertiary/aromatic N) is 2. The van der Waals surface area contributed by atoms with Crippen molar-refractivity contribution in [2.24, 2.45) is 0 Å². The van der Waals surface area contributed by atoms with Gasteiger partial charge in [-0.1, -0.05) is 0 Å². The van der Waals surface area contributed by atoms with Crippen LogP contribution in [0.15, 0.2) is 30.3 Å². The minimum absolute atomic E-state index is 0.256. The molecule has 1 aromatic heterocycles. The van der Waals surface area contributed by atoms with Gasteiger partial charge in [0, 0.05) is 9.64 Å². The van der Waals surface area contributed by atoms with E-state index in [1.54, 1.807) is 24.3 Å². The number of hydrogen-bond acceptors (Lipinski definition) is 3. The Kier molecular flexibility index (Phi) is 4.14. The van der Waals surface area contributed by atoms with Crippen LogP contribution in [0.5, 0.6) is 11.6 Å². The Morgan fingerprint density at radius 2 is 1.74 bits per heavy atom. The number of benzene rings is 1. The molecule has 0 radical (unpaired) electrons. The van der Waals surface area contributed by atoms with Crippen molar-refractivity contribution in [1.82, 2.24) is 9.97 Å². The molecule has 2 aromatic rings. The molecule has 100 valence electrons. The summed E-state index contributed by atoms with van der Waals surface area (Å²) in [6.45, 7) is 0. The summed E-state index contributed by atoms with van der Waals surface area (Å²) in [6, 6.07) is 7.44. The first kappa shape index (κ1) is 14.3. The van der Waals surface area contributed by atoms with E-state index in [0.29, 0.717) is 11.8 Å². The average Bonchev–Trinajstić information content (AvgIpc) is 2.30. The smallest absolute Gasteiger partial charge is 0.433 e. The summed E-state index contributed by atoms with van der Waals surface area (Å²) in [5.41, 5.74) is -1.15. The third-order valence-corrected chi connectivity index (χ3v) is 2.89. The first-order valence-corrected chi connectivity index (χ1v) is 6.35. The van der Waals surface area contributed by atoms with Crippen LogP contribution < -0.4 is 4.74 Å². The van der Waals surface area contributed by atoms with E-state index in [-0.39, 0.29) is 5.88 Å². The normalized spacial score (nSPS) is 11.4. The molecule has 0 fully saturated rings. The van der Waals surface area contributed by atoms with Crippen molar-refractivity contribution in [2.45, 2.75) is 6.18 Å². The summed E-state index contributed by atoms with van der Waals surface area (Å²) in [5.74, 6) is 0.108. The Labute approximate surface area is 124 Å². The minimum atomic E-state index is -4.60. The van der Waals surface area contributed by atoms with E-state index >= 15 is 0 Å². The van der Waals surface area contributed by atoms with Gasteiger partial charge in [-0.05, 0) is 58.5 Å². The second-order valence-electron chi connectivity index (χ2n) is 3.41. The molecule has 1 heterocycles. The molecule has 0 N–H and O–H groups in total. The van der Waals surface area contributed by atoms with Crippen molar-refractivity contribution in [1.29, 1.82) is 0 Å². The van der Waals surface area contributed by atoms with E-state index in [4.69, 9.17) is 16.3 Å². The van der Waals surface area contributed by atoms with Crippen LogP contribution in [0.2, 0.25) is 5.28 Å². The maximum absolute atomic E-state index is 12.5. The maximum atomic E-state index is 12.5. The molecule has 8 heteroatoms. The van der Waals surface area contributed by atoms with Crippen LogP contribution in [0.25, 0.3) is 0 Å². The van der Waals surface area contributed by atoms with E-state index in [0.717, 1.165) is 3.57 Å². The van der Waals surface area contributed by atoms with E-state index in [2.05, 4.69) is 32.6 Å². The average molecular weight is 401 g/mol. The number of halogens is 5. The van der Waals surface area contributed by atoms with Crippen LogP contribution in [0.1, 0.15) is 5.69 Å². The summed E-state index contributed by atoms with van der Waals surface area (Å²) in [4.78, 5) is 6.70. The lowest BCUT2D eigenvalue weighted by atomic mass is 10.3. The maximum Gasteiger partial charge on any atom is 0.433 e. The van der Waals surface area contributed by atoms with Crippen molar-refractivity contribution in [2.75, 3.05) is 0 Å². The van der Waals surface area contributed by atoms with Crippen LogP contribution in [0.4, 0.5) is 13.2 Å². The topological polar surface area (TPSA) is 35.0 Å². The van der Waals surface area contributed by atoms with Gasteiger partial charge in [0.2, 0.25) is 11.2 Å². The number of ether oxygens (including phenoxy) is 1. The molecule has 0 amide bonds. The van der Waals surface area contributed by atoms with Crippen molar-refractivity contribution >= 4 is 34.2 Å². The first-order chi connectivity index (χ1) is 8.84. The highest BCUT2D eigenvalue weighted by Gasteiger charge is 2.33. The summed E-state index contributed by atoms with van der Waals surface area (Å²) in [7, 11) is 0. The van der Waals surface area contributed by atoms with Gasteiger partial charge < -0.3 is 4.74 Å². The molecule has 0 unspecified atom stereocenters. The van der Waals surface area contributed by atoms with Gasteiger partial charge in [0.15, 0.2) is 5.69 Å². The number of rotatable bonds is 2. The molecule has 0 aliphatic rings. The summed E-state index contributed by atoms with van der Waals surface area (Å²) in [6.07, 6.45) is -4.60. The molecule has 0 spiro atoms. The molecule has 0 saturated carbocycles. The highest BCUT2D eigenvalue weighted by Crippen LogP contribution is 2.31. The first-order valence-electron chi connectivity index (χ1n) is 4.90. The predicted octanol–water partition coefficient (Wildman–Crippen LogP) is 4.55. The number of hydrogen-bond donors (Lipinski definition) is 0. The van der Waals surface area contributed by atoms with Crippen molar-refractivity contribution in [3.8, 4) is 11.6 Å². The summed E-state index contributed by atoms with van der Waals surface area (Å²) >= 11 is 7.54. The highest BCUT2D eigenvalue weighted by molar-refractivity contribution is 14.1. The lowest BCUT2D eigenvalue weighted by Crippen LogP contribution is -2.09. The van der Waals surface area contributed by atoms with Gasteiger partial charge in [-0.3, -0.25) is 0 Å². The zero-order valence-corrected chi connectivity index (χ0v) is 12.0. The predicted molar refractivity (Wildman–Crippen MR) is 71.3 cm³/mol. The molecule has 2 rings (SSSR count).